The van der Waals surface area contributed by atoms with Gasteiger partial charge in [-0.2, -0.15) is 0 Å². The highest BCUT2D eigenvalue weighted by molar-refractivity contribution is 6.30. The van der Waals surface area contributed by atoms with Gasteiger partial charge in [0.05, 0.1) is 6.04 Å². The van der Waals surface area contributed by atoms with E-state index in [4.69, 9.17) is 27.2 Å². The zero-order valence-corrected chi connectivity index (χ0v) is 14.0. The fourth-order valence-electron chi connectivity index (χ4n) is 2.21. The average Bonchev–Trinajstić information content (AvgIpc) is 2.57. The van der Waals surface area contributed by atoms with Crippen molar-refractivity contribution in [3.05, 3.63) is 64.7 Å². The van der Waals surface area contributed by atoms with E-state index in [2.05, 4.69) is 5.32 Å². The van der Waals surface area contributed by atoms with Crippen LogP contribution in [-0.2, 0) is 17.9 Å². The van der Waals surface area contributed by atoms with Crippen LogP contribution >= 0.6 is 11.6 Å². The summed E-state index contributed by atoms with van der Waals surface area (Å²) < 4.78 is 5.72. The highest BCUT2D eigenvalue weighted by Crippen LogP contribution is 2.16. The van der Waals surface area contributed by atoms with Crippen molar-refractivity contribution in [1.82, 2.24) is 5.32 Å². The Morgan fingerprint density at radius 2 is 1.96 bits per heavy atom. The minimum atomic E-state index is -0.534. The lowest BCUT2D eigenvalue weighted by Gasteiger charge is -2.14. The predicted octanol–water partition coefficient (Wildman–Crippen LogP) is 2.24. The molecule has 24 heavy (non-hydrogen) atoms. The number of benzene rings is 2. The Hall–Kier alpha value is -2.08. The van der Waals surface area contributed by atoms with E-state index < -0.39 is 11.9 Å². The molecule has 0 aliphatic heterocycles. The Labute approximate surface area is 146 Å². The topological polar surface area (TPSA) is 84.6 Å². The third-order valence-corrected chi connectivity index (χ3v) is 3.77. The Morgan fingerprint density at radius 1 is 1.21 bits per heavy atom. The molecule has 1 atom stereocenters. The number of nitrogens with one attached hydrogen (secondary N) is 1. The molecule has 0 saturated carbocycles. The van der Waals surface area contributed by atoms with E-state index in [1.807, 2.05) is 48.5 Å². The van der Waals surface area contributed by atoms with Gasteiger partial charge < -0.3 is 20.9 Å². The number of hydrogen-bond acceptors (Lipinski definition) is 4. The number of aliphatic hydroxyl groups excluding tert-OH is 1. The number of hydrogen-bond donors (Lipinski definition) is 3. The molecule has 2 rings (SSSR count). The van der Waals surface area contributed by atoms with Crippen molar-refractivity contribution < 1.29 is 14.6 Å². The summed E-state index contributed by atoms with van der Waals surface area (Å²) in [4.78, 5) is 11.2. The summed E-state index contributed by atoms with van der Waals surface area (Å²) in [6, 6.07) is 14.6. The van der Waals surface area contributed by atoms with Gasteiger partial charge in [-0.3, -0.25) is 4.79 Å². The van der Waals surface area contributed by atoms with Gasteiger partial charge in [0, 0.05) is 18.2 Å². The van der Waals surface area contributed by atoms with E-state index in [9.17, 15) is 4.79 Å². The van der Waals surface area contributed by atoms with Gasteiger partial charge in [-0.1, -0.05) is 35.9 Å². The predicted molar refractivity (Wildman–Crippen MR) is 93.8 cm³/mol. The zero-order chi connectivity index (χ0) is 17.4. The van der Waals surface area contributed by atoms with Gasteiger partial charge in [-0.05, 0) is 41.8 Å². The van der Waals surface area contributed by atoms with Crippen molar-refractivity contribution in [3.8, 4) is 5.75 Å². The number of carbonyl (C=O) groups excluding carboxylic acids is 1. The first-order chi connectivity index (χ1) is 11.6. The highest BCUT2D eigenvalue weighted by Gasteiger charge is 2.13. The van der Waals surface area contributed by atoms with Crippen LogP contribution in [0.5, 0.6) is 5.75 Å². The van der Waals surface area contributed by atoms with Gasteiger partial charge in [-0.15, -0.1) is 0 Å². The van der Waals surface area contributed by atoms with E-state index in [1.165, 1.54) is 0 Å². The molecule has 5 nitrogen and oxygen atoms in total. The van der Waals surface area contributed by atoms with Crippen molar-refractivity contribution in [2.75, 3.05) is 6.61 Å². The van der Waals surface area contributed by atoms with E-state index >= 15 is 0 Å². The average molecular weight is 349 g/mol. The Balaban J connectivity index is 1.85. The molecule has 0 bridgehead atoms. The summed E-state index contributed by atoms with van der Waals surface area (Å²) in [6.07, 6.45) is 0.302. The van der Waals surface area contributed by atoms with Crippen molar-refractivity contribution >= 4 is 17.5 Å². The van der Waals surface area contributed by atoms with Gasteiger partial charge >= 0.3 is 0 Å². The van der Waals surface area contributed by atoms with Gasteiger partial charge in [0.15, 0.2) is 0 Å². The van der Waals surface area contributed by atoms with Crippen molar-refractivity contribution in [3.63, 3.8) is 0 Å². The summed E-state index contributed by atoms with van der Waals surface area (Å²) in [6.45, 7) is 0.845. The maximum atomic E-state index is 11.2. The minimum absolute atomic E-state index is 0.0864. The lowest BCUT2D eigenvalue weighted by Crippen LogP contribution is -2.41. The van der Waals surface area contributed by atoms with Crippen LogP contribution in [0.2, 0.25) is 5.02 Å². The molecule has 0 fully saturated rings. The lowest BCUT2D eigenvalue weighted by molar-refractivity contribution is -0.120. The number of rotatable bonds is 9. The van der Waals surface area contributed by atoms with Crippen LogP contribution in [0.25, 0.3) is 0 Å². The molecule has 0 aliphatic rings. The first-order valence-electron chi connectivity index (χ1n) is 7.68. The van der Waals surface area contributed by atoms with Gasteiger partial charge in [-0.25, -0.2) is 0 Å². The highest BCUT2D eigenvalue weighted by atomic mass is 35.5. The Bertz CT molecular complexity index is 662. The number of primary amides is 1. The number of halogens is 1. The molecule has 128 valence electrons. The largest absolute Gasteiger partial charge is 0.489 e. The smallest absolute Gasteiger partial charge is 0.234 e. The first-order valence-corrected chi connectivity index (χ1v) is 8.06. The van der Waals surface area contributed by atoms with E-state index in [1.54, 1.807) is 0 Å². The molecule has 0 heterocycles. The summed E-state index contributed by atoms with van der Waals surface area (Å²) in [5.41, 5.74) is 7.27. The fraction of sp³-hybridized carbons (Fsp3) is 0.278. The van der Waals surface area contributed by atoms with Crippen molar-refractivity contribution in [2.24, 2.45) is 5.73 Å². The first kappa shape index (κ1) is 18.3. The fourth-order valence-corrected chi connectivity index (χ4v) is 2.42. The second-order valence-corrected chi connectivity index (χ2v) is 5.85. The van der Waals surface area contributed by atoms with Gasteiger partial charge in [0.25, 0.3) is 0 Å². The molecule has 0 saturated heterocycles. The molecule has 0 aliphatic carbocycles. The quantitative estimate of drug-likeness (QED) is 0.649. The summed E-state index contributed by atoms with van der Waals surface area (Å²) >= 11 is 5.94. The molecule has 2 aromatic carbocycles. The Morgan fingerprint density at radius 3 is 2.58 bits per heavy atom. The van der Waals surface area contributed by atoms with E-state index in [0.717, 1.165) is 16.9 Å². The summed E-state index contributed by atoms with van der Waals surface area (Å²) in [7, 11) is 0. The van der Waals surface area contributed by atoms with E-state index in [-0.39, 0.29) is 6.61 Å². The normalized spacial score (nSPS) is 11.9. The van der Waals surface area contributed by atoms with Crippen molar-refractivity contribution in [1.29, 1.82) is 0 Å². The zero-order valence-electron chi connectivity index (χ0n) is 13.2. The lowest BCUT2D eigenvalue weighted by atomic mass is 10.1. The maximum Gasteiger partial charge on any atom is 0.234 e. The molecule has 1 amide bonds. The van der Waals surface area contributed by atoms with Crippen LogP contribution in [0.15, 0.2) is 48.5 Å². The SMILES string of the molecule is NC(=O)C(CCO)NCc1ccc(OCc2cccc(Cl)c2)cc1. The number of nitrogens with two attached hydrogens (primary N) is 1. The summed E-state index contributed by atoms with van der Waals surface area (Å²) in [5.74, 6) is 0.283. The van der Waals surface area contributed by atoms with Crippen LogP contribution in [0.1, 0.15) is 17.5 Å². The number of ether oxygens (including phenoxy) is 1. The van der Waals surface area contributed by atoms with Crippen molar-refractivity contribution in [2.45, 2.75) is 25.6 Å². The maximum absolute atomic E-state index is 11.2. The minimum Gasteiger partial charge on any atom is -0.489 e. The molecule has 0 radical (unpaired) electrons. The van der Waals surface area contributed by atoms with Gasteiger partial charge in [0.2, 0.25) is 5.91 Å². The molecule has 4 N–H and O–H groups in total. The molecule has 1 unspecified atom stereocenters. The van der Waals surface area contributed by atoms with Gasteiger partial charge in [0.1, 0.15) is 12.4 Å². The molecule has 0 spiro atoms. The number of aliphatic hydroxyl groups is 1. The molecule has 6 heteroatoms. The number of amides is 1. The van der Waals surface area contributed by atoms with Crippen LogP contribution < -0.4 is 15.8 Å². The van der Waals surface area contributed by atoms with Crippen LogP contribution in [-0.4, -0.2) is 23.7 Å². The third kappa shape index (κ3) is 5.85. The standard InChI is InChI=1S/C18H21ClN2O3/c19-15-3-1-2-14(10-15)12-24-16-6-4-13(5-7-16)11-21-17(8-9-22)18(20)23/h1-7,10,17,21-22H,8-9,11-12H2,(H2,20,23). The number of carbonyl (C=O) groups is 1. The van der Waals surface area contributed by atoms with E-state index in [0.29, 0.717) is 24.6 Å². The molecule has 0 aromatic heterocycles. The van der Waals surface area contributed by atoms with Crippen LogP contribution in [0.3, 0.4) is 0 Å². The molecule has 2 aromatic rings. The summed E-state index contributed by atoms with van der Waals surface area (Å²) in [5, 5.41) is 12.6. The Kier molecular flexibility index (Phi) is 7.06. The van der Waals surface area contributed by atoms with Crippen LogP contribution in [0.4, 0.5) is 0 Å². The molecular weight excluding hydrogens is 328 g/mol. The second-order valence-electron chi connectivity index (χ2n) is 5.41. The monoisotopic (exact) mass is 348 g/mol. The molecular formula is C18H21ClN2O3. The second kappa shape index (κ2) is 9.27. The third-order valence-electron chi connectivity index (χ3n) is 3.53. The van der Waals surface area contributed by atoms with Crippen LogP contribution in [0, 0.1) is 0 Å².